The molecule has 9 nitrogen and oxygen atoms in total. The molecule has 0 bridgehead atoms. The Bertz CT molecular complexity index is 1310. The van der Waals surface area contributed by atoms with Crippen molar-refractivity contribution in [3.63, 3.8) is 0 Å². The summed E-state index contributed by atoms with van der Waals surface area (Å²) in [5.41, 5.74) is 0.677. The molecule has 0 saturated carbocycles. The average molecular weight is 494 g/mol. The van der Waals surface area contributed by atoms with Crippen LogP contribution in [0.25, 0.3) is 0 Å². The number of anilines is 1. The Morgan fingerprint density at radius 1 is 1.11 bits per heavy atom. The van der Waals surface area contributed by atoms with Crippen LogP contribution in [0.5, 0.6) is 5.75 Å². The lowest BCUT2D eigenvalue weighted by Crippen LogP contribution is -2.45. The molecule has 1 aliphatic rings. The van der Waals surface area contributed by atoms with E-state index in [2.05, 4.69) is 0 Å². The molecule has 3 amide bonds. The van der Waals surface area contributed by atoms with Gasteiger partial charge in [0.1, 0.15) is 11.8 Å². The third-order valence-corrected chi connectivity index (χ3v) is 6.06. The largest absolute Gasteiger partial charge is 0.497 e. The van der Waals surface area contributed by atoms with Crippen LogP contribution in [0.1, 0.15) is 22.3 Å². The number of methoxy groups -OCH3 is 1. The molecule has 10 heteroatoms. The van der Waals surface area contributed by atoms with Crippen molar-refractivity contribution >= 4 is 40.7 Å². The highest BCUT2D eigenvalue weighted by Crippen LogP contribution is 2.30. The van der Waals surface area contributed by atoms with Crippen molar-refractivity contribution in [2.45, 2.75) is 19.0 Å². The number of hydrogen-bond donors (Lipinski definition) is 0. The summed E-state index contributed by atoms with van der Waals surface area (Å²) in [6, 6.07) is 17.4. The summed E-state index contributed by atoms with van der Waals surface area (Å²) in [7, 11) is 1.50. The van der Waals surface area contributed by atoms with E-state index >= 15 is 0 Å². The maximum absolute atomic E-state index is 13.6. The lowest BCUT2D eigenvalue weighted by Gasteiger charge is -2.28. The second-order valence-corrected chi connectivity index (χ2v) is 8.22. The van der Waals surface area contributed by atoms with E-state index in [0.717, 1.165) is 11.0 Å². The molecule has 1 unspecified atom stereocenters. The minimum absolute atomic E-state index is 0.0226. The quantitative estimate of drug-likeness (QED) is 0.277. The Labute approximate surface area is 205 Å². The molecule has 1 saturated heterocycles. The summed E-state index contributed by atoms with van der Waals surface area (Å²) in [4.78, 5) is 52.8. The van der Waals surface area contributed by atoms with Gasteiger partial charge >= 0.3 is 0 Å². The van der Waals surface area contributed by atoms with Gasteiger partial charge in [0.15, 0.2) is 0 Å². The Morgan fingerprint density at radius 3 is 2.49 bits per heavy atom. The van der Waals surface area contributed by atoms with Gasteiger partial charge in [0.25, 0.3) is 17.5 Å². The van der Waals surface area contributed by atoms with Crippen molar-refractivity contribution < 1.29 is 24.0 Å². The number of hydrogen-bond acceptors (Lipinski definition) is 6. The molecule has 1 atom stereocenters. The van der Waals surface area contributed by atoms with Crippen LogP contribution in [0.15, 0.2) is 72.8 Å². The third-order valence-electron chi connectivity index (χ3n) is 5.69. The average Bonchev–Trinajstić information content (AvgIpc) is 3.16. The molecule has 1 heterocycles. The van der Waals surface area contributed by atoms with Gasteiger partial charge in [0.2, 0.25) is 5.91 Å². The van der Waals surface area contributed by atoms with Gasteiger partial charge in [-0.15, -0.1) is 0 Å². The van der Waals surface area contributed by atoms with Gasteiger partial charge in [-0.25, -0.2) is 4.90 Å². The number of non-ortho nitro benzene ring substituents is 1. The molecule has 1 aliphatic heterocycles. The first-order valence-corrected chi connectivity index (χ1v) is 11.0. The first-order valence-electron chi connectivity index (χ1n) is 10.6. The Morgan fingerprint density at radius 2 is 1.83 bits per heavy atom. The maximum Gasteiger partial charge on any atom is 0.270 e. The number of rotatable bonds is 7. The van der Waals surface area contributed by atoms with Crippen LogP contribution in [0, 0.1) is 10.1 Å². The highest BCUT2D eigenvalue weighted by atomic mass is 35.5. The fourth-order valence-electron chi connectivity index (χ4n) is 3.91. The summed E-state index contributed by atoms with van der Waals surface area (Å²) in [6.07, 6.45) is -0.240. The van der Waals surface area contributed by atoms with E-state index in [-0.39, 0.29) is 24.2 Å². The molecule has 35 heavy (non-hydrogen) atoms. The number of nitro groups is 1. The summed E-state index contributed by atoms with van der Waals surface area (Å²) < 4.78 is 5.13. The molecule has 0 spiro atoms. The smallest absolute Gasteiger partial charge is 0.270 e. The standard InChI is InChI=1S/C25H20ClN3O6/c1-35-20-11-9-18(10-12-20)28-23(30)14-22(25(28)32)27(15-17-5-2-3-8-21(17)26)24(31)16-6-4-7-19(13-16)29(33)34/h2-13,22H,14-15H2,1H3. The van der Waals surface area contributed by atoms with Gasteiger partial charge in [0.05, 0.1) is 24.1 Å². The number of imide groups is 1. The first kappa shape index (κ1) is 23.9. The predicted molar refractivity (Wildman–Crippen MR) is 128 cm³/mol. The lowest BCUT2D eigenvalue weighted by atomic mass is 10.1. The second kappa shape index (κ2) is 9.94. The molecular formula is C25H20ClN3O6. The van der Waals surface area contributed by atoms with Crippen LogP contribution in [0.3, 0.4) is 0 Å². The van der Waals surface area contributed by atoms with E-state index < -0.39 is 28.7 Å². The fraction of sp³-hybridized carbons (Fsp3) is 0.160. The second-order valence-electron chi connectivity index (χ2n) is 7.82. The number of carbonyl (C=O) groups excluding carboxylic acids is 3. The third kappa shape index (κ3) is 4.85. The van der Waals surface area contributed by atoms with E-state index in [1.807, 2.05) is 0 Å². The van der Waals surface area contributed by atoms with Crippen LogP contribution < -0.4 is 9.64 Å². The van der Waals surface area contributed by atoms with E-state index in [0.29, 0.717) is 22.0 Å². The van der Waals surface area contributed by atoms with Gasteiger partial charge in [-0.1, -0.05) is 35.9 Å². The number of carbonyl (C=O) groups is 3. The summed E-state index contributed by atoms with van der Waals surface area (Å²) in [5, 5.41) is 11.6. The summed E-state index contributed by atoms with van der Waals surface area (Å²) in [5.74, 6) is -1.12. The zero-order valence-corrected chi connectivity index (χ0v) is 19.3. The number of benzene rings is 3. The van der Waals surface area contributed by atoms with Crippen molar-refractivity contribution in [1.82, 2.24) is 4.90 Å². The van der Waals surface area contributed by atoms with Gasteiger partial charge in [0, 0.05) is 29.3 Å². The number of amides is 3. The number of nitrogens with zero attached hydrogens (tertiary/aromatic N) is 3. The number of ether oxygens (including phenoxy) is 1. The van der Waals surface area contributed by atoms with E-state index in [1.54, 1.807) is 48.5 Å². The zero-order valence-electron chi connectivity index (χ0n) is 18.6. The molecule has 3 aromatic carbocycles. The Hall–Kier alpha value is -4.24. The first-order chi connectivity index (χ1) is 16.8. The van der Waals surface area contributed by atoms with Crippen LogP contribution in [-0.2, 0) is 16.1 Å². The van der Waals surface area contributed by atoms with E-state index in [1.165, 1.54) is 30.2 Å². The molecule has 3 aromatic rings. The van der Waals surface area contributed by atoms with Crippen molar-refractivity contribution in [1.29, 1.82) is 0 Å². The van der Waals surface area contributed by atoms with Gasteiger partial charge in [-0.2, -0.15) is 0 Å². The molecule has 1 fully saturated rings. The highest BCUT2D eigenvalue weighted by molar-refractivity contribution is 6.31. The highest BCUT2D eigenvalue weighted by Gasteiger charge is 2.44. The zero-order chi connectivity index (χ0) is 25.1. The van der Waals surface area contributed by atoms with Crippen molar-refractivity contribution in [3.05, 3.63) is 99.1 Å². The predicted octanol–water partition coefficient (Wildman–Crippen LogP) is 4.23. The van der Waals surface area contributed by atoms with Crippen molar-refractivity contribution in [2.24, 2.45) is 0 Å². The molecule has 0 N–H and O–H groups in total. The molecular weight excluding hydrogens is 474 g/mol. The minimum atomic E-state index is -1.12. The monoisotopic (exact) mass is 493 g/mol. The van der Waals surface area contributed by atoms with Crippen molar-refractivity contribution in [2.75, 3.05) is 12.0 Å². The molecule has 0 radical (unpaired) electrons. The van der Waals surface area contributed by atoms with Crippen molar-refractivity contribution in [3.8, 4) is 5.75 Å². The molecule has 4 rings (SSSR count). The minimum Gasteiger partial charge on any atom is -0.497 e. The summed E-state index contributed by atoms with van der Waals surface area (Å²) >= 11 is 6.31. The SMILES string of the molecule is COc1ccc(N2C(=O)CC(N(Cc3ccccc3Cl)C(=O)c3cccc([N+](=O)[O-])c3)C2=O)cc1. The Kier molecular flexibility index (Phi) is 6.79. The summed E-state index contributed by atoms with van der Waals surface area (Å²) in [6.45, 7) is -0.0681. The van der Waals surface area contributed by atoms with E-state index in [9.17, 15) is 24.5 Å². The fourth-order valence-corrected chi connectivity index (χ4v) is 4.11. The molecule has 178 valence electrons. The van der Waals surface area contributed by atoms with Crippen LogP contribution in [0.4, 0.5) is 11.4 Å². The van der Waals surface area contributed by atoms with Crippen LogP contribution in [-0.4, -0.2) is 40.7 Å². The normalized spacial score (nSPS) is 15.3. The molecule has 0 aliphatic carbocycles. The van der Waals surface area contributed by atoms with Gasteiger partial charge < -0.3 is 9.64 Å². The number of halogens is 1. The van der Waals surface area contributed by atoms with Gasteiger partial charge in [-0.05, 0) is 42.0 Å². The molecule has 0 aromatic heterocycles. The maximum atomic E-state index is 13.6. The Balaban J connectivity index is 1.71. The number of nitro benzene ring substituents is 1. The van der Waals surface area contributed by atoms with E-state index in [4.69, 9.17) is 16.3 Å². The van der Waals surface area contributed by atoms with Crippen LogP contribution >= 0.6 is 11.6 Å². The van der Waals surface area contributed by atoms with Crippen LogP contribution in [0.2, 0.25) is 5.02 Å². The van der Waals surface area contributed by atoms with Gasteiger partial charge in [-0.3, -0.25) is 24.5 Å². The lowest BCUT2D eigenvalue weighted by molar-refractivity contribution is -0.384. The topological polar surface area (TPSA) is 110 Å².